The van der Waals surface area contributed by atoms with Crippen molar-refractivity contribution in [2.75, 3.05) is 6.54 Å². The van der Waals surface area contributed by atoms with Crippen molar-refractivity contribution in [1.82, 2.24) is 15.0 Å². The number of halogens is 2. The molecule has 0 N–H and O–H groups in total. The third kappa shape index (κ3) is 2.93. The lowest BCUT2D eigenvalue weighted by Gasteiger charge is -2.21. The summed E-state index contributed by atoms with van der Waals surface area (Å²) in [5, 5.41) is 7.44. The molecule has 3 aromatic rings. The zero-order chi connectivity index (χ0) is 17.4. The van der Waals surface area contributed by atoms with Crippen LogP contribution in [0.15, 0.2) is 39.5 Å². The first-order valence-corrected chi connectivity index (χ1v) is 8.70. The van der Waals surface area contributed by atoms with Gasteiger partial charge in [0.2, 0.25) is 11.7 Å². The molecule has 0 bridgehead atoms. The molecule has 1 aliphatic rings. The van der Waals surface area contributed by atoms with E-state index in [9.17, 15) is 13.6 Å². The van der Waals surface area contributed by atoms with Crippen LogP contribution in [0.2, 0.25) is 0 Å². The van der Waals surface area contributed by atoms with Crippen molar-refractivity contribution in [3.63, 3.8) is 0 Å². The molecule has 1 amide bonds. The van der Waals surface area contributed by atoms with E-state index in [-0.39, 0.29) is 29.2 Å². The highest BCUT2D eigenvalue weighted by Crippen LogP contribution is 2.33. The van der Waals surface area contributed by atoms with Crippen molar-refractivity contribution in [3.05, 3.63) is 58.1 Å². The maximum atomic E-state index is 13.9. The summed E-state index contributed by atoms with van der Waals surface area (Å²) in [5.41, 5.74) is 0.686. The lowest BCUT2D eigenvalue weighted by molar-refractivity contribution is 0.0710. The van der Waals surface area contributed by atoms with Gasteiger partial charge in [0.1, 0.15) is 17.7 Å². The Balaban J connectivity index is 1.62. The van der Waals surface area contributed by atoms with Gasteiger partial charge in [-0.25, -0.2) is 8.78 Å². The van der Waals surface area contributed by atoms with E-state index in [2.05, 4.69) is 10.1 Å². The highest BCUT2D eigenvalue weighted by molar-refractivity contribution is 7.08. The first-order chi connectivity index (χ1) is 12.1. The van der Waals surface area contributed by atoms with Gasteiger partial charge in [-0.2, -0.15) is 16.3 Å². The molecule has 2 aromatic heterocycles. The standard InChI is InChI=1S/C17H13F2N3O2S/c18-11-3-4-12(13(19)8-11)15-20-16(24-21-15)14-2-1-6-22(14)17(23)10-5-7-25-9-10/h3-5,7-9,14H,1-2,6H2. The molecular formula is C17H13F2N3O2S. The Kier molecular flexibility index (Phi) is 4.04. The highest BCUT2D eigenvalue weighted by Gasteiger charge is 2.34. The van der Waals surface area contributed by atoms with Gasteiger partial charge in [-0.1, -0.05) is 5.16 Å². The average Bonchev–Trinajstić information content (AvgIpc) is 3.34. The number of amides is 1. The molecule has 25 heavy (non-hydrogen) atoms. The summed E-state index contributed by atoms with van der Waals surface area (Å²) in [7, 11) is 0. The molecule has 128 valence electrons. The van der Waals surface area contributed by atoms with Gasteiger partial charge in [-0.3, -0.25) is 4.79 Å². The molecule has 1 unspecified atom stereocenters. The molecule has 8 heteroatoms. The number of hydrogen-bond donors (Lipinski definition) is 0. The first-order valence-electron chi connectivity index (χ1n) is 7.75. The van der Waals surface area contributed by atoms with Crippen LogP contribution in [0.3, 0.4) is 0 Å². The fourth-order valence-corrected chi connectivity index (χ4v) is 3.60. The lowest BCUT2D eigenvalue weighted by Crippen LogP contribution is -2.30. The number of likely N-dealkylation sites (tertiary alicyclic amines) is 1. The van der Waals surface area contributed by atoms with Gasteiger partial charge in [0, 0.05) is 18.0 Å². The van der Waals surface area contributed by atoms with E-state index in [1.165, 1.54) is 17.4 Å². The Morgan fingerprint density at radius 3 is 2.96 bits per heavy atom. The number of aromatic nitrogens is 2. The van der Waals surface area contributed by atoms with Gasteiger partial charge in [0.25, 0.3) is 5.91 Å². The smallest absolute Gasteiger partial charge is 0.255 e. The number of thiophene rings is 1. The third-order valence-corrected chi connectivity index (χ3v) is 4.86. The van der Waals surface area contributed by atoms with Crippen molar-refractivity contribution in [3.8, 4) is 11.4 Å². The van der Waals surface area contributed by atoms with Crippen LogP contribution in [0.25, 0.3) is 11.4 Å². The van der Waals surface area contributed by atoms with E-state index in [1.54, 1.807) is 16.3 Å². The number of rotatable bonds is 3. The van der Waals surface area contributed by atoms with Crippen LogP contribution in [0.1, 0.15) is 35.1 Å². The zero-order valence-electron chi connectivity index (χ0n) is 13.0. The van der Waals surface area contributed by atoms with Crippen LogP contribution in [-0.2, 0) is 0 Å². The minimum atomic E-state index is -0.759. The second-order valence-corrected chi connectivity index (χ2v) is 6.53. The van der Waals surface area contributed by atoms with Crippen LogP contribution < -0.4 is 0 Å². The Labute approximate surface area is 145 Å². The van der Waals surface area contributed by atoms with Gasteiger partial charge in [0.15, 0.2) is 0 Å². The Bertz CT molecular complexity index is 911. The lowest BCUT2D eigenvalue weighted by atomic mass is 10.2. The van der Waals surface area contributed by atoms with E-state index in [0.29, 0.717) is 18.5 Å². The van der Waals surface area contributed by atoms with Crippen molar-refractivity contribution in [2.45, 2.75) is 18.9 Å². The summed E-state index contributed by atoms with van der Waals surface area (Å²) < 4.78 is 32.2. The second kappa shape index (κ2) is 6.36. The molecule has 0 saturated carbocycles. The van der Waals surface area contributed by atoms with Crippen molar-refractivity contribution in [1.29, 1.82) is 0 Å². The fraction of sp³-hybridized carbons (Fsp3) is 0.235. The summed E-state index contributed by atoms with van der Waals surface area (Å²) in [5.74, 6) is -1.21. The van der Waals surface area contributed by atoms with Crippen LogP contribution in [0.5, 0.6) is 0 Å². The topological polar surface area (TPSA) is 59.2 Å². The molecule has 1 aliphatic heterocycles. The van der Waals surface area contributed by atoms with Crippen molar-refractivity contribution in [2.24, 2.45) is 0 Å². The summed E-state index contributed by atoms with van der Waals surface area (Å²) in [6.45, 7) is 0.599. The first kappa shape index (κ1) is 15.9. The van der Waals surface area contributed by atoms with Gasteiger partial charge in [-0.05, 0) is 36.4 Å². The van der Waals surface area contributed by atoms with Gasteiger partial charge in [-0.15, -0.1) is 0 Å². The van der Waals surface area contributed by atoms with E-state index >= 15 is 0 Å². The zero-order valence-corrected chi connectivity index (χ0v) is 13.8. The summed E-state index contributed by atoms with van der Waals surface area (Å²) >= 11 is 1.46. The average molecular weight is 361 g/mol. The molecular weight excluding hydrogens is 348 g/mol. The molecule has 1 aromatic carbocycles. The van der Waals surface area contributed by atoms with Gasteiger partial charge in [0.05, 0.1) is 11.1 Å². The van der Waals surface area contributed by atoms with E-state index in [1.807, 2.05) is 5.38 Å². The summed E-state index contributed by atoms with van der Waals surface area (Å²) in [6, 6.07) is 4.61. The van der Waals surface area contributed by atoms with Gasteiger partial charge >= 0.3 is 0 Å². The van der Waals surface area contributed by atoms with Crippen LogP contribution in [-0.4, -0.2) is 27.5 Å². The Hall–Kier alpha value is -2.61. The number of hydrogen-bond acceptors (Lipinski definition) is 5. The van der Waals surface area contributed by atoms with E-state index in [4.69, 9.17) is 4.52 Å². The number of carbonyl (C=O) groups excluding carboxylic acids is 1. The Morgan fingerprint density at radius 1 is 1.32 bits per heavy atom. The minimum Gasteiger partial charge on any atom is -0.337 e. The molecule has 1 atom stereocenters. The maximum absolute atomic E-state index is 13.9. The normalized spacial score (nSPS) is 17.2. The molecule has 0 spiro atoms. The molecule has 3 heterocycles. The van der Waals surface area contributed by atoms with Crippen molar-refractivity contribution >= 4 is 17.2 Å². The minimum absolute atomic E-state index is 0.0438. The second-order valence-electron chi connectivity index (χ2n) is 5.75. The number of carbonyl (C=O) groups is 1. The quantitative estimate of drug-likeness (QED) is 0.706. The largest absolute Gasteiger partial charge is 0.337 e. The van der Waals surface area contributed by atoms with Gasteiger partial charge < -0.3 is 9.42 Å². The SMILES string of the molecule is O=C(c1ccsc1)N1CCCC1c1nc(-c2ccc(F)cc2F)no1. The predicted octanol–water partition coefficient (Wildman–Crippen LogP) is 4.05. The van der Waals surface area contributed by atoms with E-state index < -0.39 is 11.6 Å². The van der Waals surface area contributed by atoms with E-state index in [0.717, 1.165) is 18.6 Å². The molecule has 1 fully saturated rings. The maximum Gasteiger partial charge on any atom is 0.255 e. The summed E-state index contributed by atoms with van der Waals surface area (Å²) in [4.78, 5) is 18.5. The number of nitrogens with zero attached hydrogens (tertiary/aromatic N) is 3. The fourth-order valence-electron chi connectivity index (χ4n) is 2.97. The predicted molar refractivity (Wildman–Crippen MR) is 87.0 cm³/mol. The molecule has 0 radical (unpaired) electrons. The molecule has 1 saturated heterocycles. The number of benzene rings is 1. The summed E-state index contributed by atoms with van der Waals surface area (Å²) in [6.07, 6.45) is 1.52. The van der Waals surface area contributed by atoms with Crippen molar-refractivity contribution < 1.29 is 18.1 Å². The monoisotopic (exact) mass is 361 g/mol. The molecule has 0 aliphatic carbocycles. The molecule has 4 rings (SSSR count). The molecule has 5 nitrogen and oxygen atoms in total. The van der Waals surface area contributed by atoms with Crippen LogP contribution in [0.4, 0.5) is 8.78 Å². The Morgan fingerprint density at radius 2 is 2.20 bits per heavy atom. The third-order valence-electron chi connectivity index (χ3n) is 4.18. The van der Waals surface area contributed by atoms with Crippen LogP contribution >= 0.6 is 11.3 Å². The highest BCUT2D eigenvalue weighted by atomic mass is 32.1. The van der Waals surface area contributed by atoms with Crippen LogP contribution in [0, 0.1) is 11.6 Å².